The Morgan fingerprint density at radius 2 is 2.05 bits per heavy atom. The van der Waals surface area contributed by atoms with Crippen molar-refractivity contribution in [1.29, 1.82) is 0 Å². The summed E-state index contributed by atoms with van der Waals surface area (Å²) >= 11 is 0. The van der Waals surface area contributed by atoms with Gasteiger partial charge in [0.1, 0.15) is 11.3 Å². The third kappa shape index (κ3) is 3.51. The Hall–Kier alpha value is -3.09. The van der Waals surface area contributed by atoms with Gasteiger partial charge < -0.3 is 15.5 Å². The molecule has 2 amide bonds. The Morgan fingerprint density at radius 1 is 1.32 bits per heavy atom. The molecule has 0 bridgehead atoms. The van der Waals surface area contributed by atoms with Crippen LogP contribution in [0.3, 0.4) is 0 Å². The number of carbonyl (C=O) groups excluding carboxylic acids is 2. The van der Waals surface area contributed by atoms with E-state index in [4.69, 9.17) is 5.11 Å². The van der Waals surface area contributed by atoms with Crippen LogP contribution in [0.5, 0.6) is 5.75 Å². The van der Waals surface area contributed by atoms with Gasteiger partial charge in [0.15, 0.2) is 5.78 Å². The third-order valence-corrected chi connectivity index (χ3v) is 3.02. The number of aromatic carboxylic acids is 1. The fraction of sp³-hybridized carbons (Fsp3) is 0.133. The second-order valence-corrected chi connectivity index (χ2v) is 4.77. The van der Waals surface area contributed by atoms with Gasteiger partial charge in [0.05, 0.1) is 6.54 Å². The largest absolute Gasteiger partial charge is 0.507 e. The summed E-state index contributed by atoms with van der Waals surface area (Å²) in [5.74, 6) is -1.90. The van der Waals surface area contributed by atoms with Crippen LogP contribution < -0.4 is 5.32 Å². The minimum atomic E-state index is -1.24. The van der Waals surface area contributed by atoms with Crippen molar-refractivity contribution in [3.8, 4) is 5.75 Å². The van der Waals surface area contributed by atoms with Crippen molar-refractivity contribution in [2.45, 2.75) is 6.42 Å². The quantitative estimate of drug-likeness (QED) is 0.759. The predicted octanol–water partition coefficient (Wildman–Crippen LogP) is 1.25. The number of carboxylic acids is 1. The molecular weight excluding hydrogens is 288 g/mol. The van der Waals surface area contributed by atoms with Crippen LogP contribution in [0.4, 0.5) is 4.79 Å². The van der Waals surface area contributed by atoms with Crippen molar-refractivity contribution in [1.82, 2.24) is 10.2 Å². The summed E-state index contributed by atoms with van der Waals surface area (Å²) in [5, 5.41) is 20.9. The molecule has 0 radical (unpaired) electrons. The fourth-order valence-corrected chi connectivity index (χ4v) is 1.96. The number of urea groups is 1. The van der Waals surface area contributed by atoms with Gasteiger partial charge in [-0.2, -0.15) is 0 Å². The van der Waals surface area contributed by atoms with E-state index in [9.17, 15) is 19.5 Å². The molecule has 0 saturated carbocycles. The molecule has 0 aromatic heterocycles. The van der Waals surface area contributed by atoms with Crippen LogP contribution in [-0.2, 0) is 11.2 Å². The lowest BCUT2D eigenvalue weighted by Crippen LogP contribution is -2.41. The lowest BCUT2D eigenvalue weighted by atomic mass is 10.1. The maximum atomic E-state index is 12.0. The number of carbonyl (C=O) groups is 3. The highest BCUT2D eigenvalue weighted by molar-refractivity contribution is 5.92. The first-order valence-corrected chi connectivity index (χ1v) is 6.38. The van der Waals surface area contributed by atoms with E-state index < -0.39 is 17.7 Å². The third-order valence-electron chi connectivity index (χ3n) is 3.02. The molecular formula is C15H14N2O5. The number of hydrogen-bond donors (Lipinski definition) is 3. The van der Waals surface area contributed by atoms with E-state index in [1.807, 2.05) is 0 Å². The minimum Gasteiger partial charge on any atom is -0.507 e. The van der Waals surface area contributed by atoms with Crippen molar-refractivity contribution in [2.75, 3.05) is 6.54 Å². The summed E-state index contributed by atoms with van der Waals surface area (Å²) in [6.07, 6.45) is 3.01. The molecule has 7 nitrogen and oxygen atoms in total. The van der Waals surface area contributed by atoms with Crippen LogP contribution in [0.2, 0.25) is 0 Å². The first kappa shape index (κ1) is 15.3. The molecule has 1 aromatic carbocycles. The summed E-state index contributed by atoms with van der Waals surface area (Å²) < 4.78 is 0. The van der Waals surface area contributed by atoms with E-state index >= 15 is 0 Å². The van der Waals surface area contributed by atoms with E-state index in [0.717, 1.165) is 0 Å². The van der Waals surface area contributed by atoms with Crippen molar-refractivity contribution in [3.63, 3.8) is 0 Å². The normalized spacial score (nSPS) is 13.9. The van der Waals surface area contributed by atoms with Crippen LogP contribution in [0.25, 0.3) is 0 Å². The number of hydrogen-bond acceptors (Lipinski definition) is 4. The van der Waals surface area contributed by atoms with Gasteiger partial charge in [-0.15, -0.1) is 0 Å². The Morgan fingerprint density at radius 3 is 2.64 bits per heavy atom. The number of allylic oxidation sites excluding steroid dienone is 1. The number of ketones is 1. The Bertz CT molecular complexity index is 693. The smallest absolute Gasteiger partial charge is 0.339 e. The van der Waals surface area contributed by atoms with Gasteiger partial charge in [0, 0.05) is 18.3 Å². The van der Waals surface area contributed by atoms with Gasteiger partial charge in [-0.05, 0) is 23.8 Å². The number of phenols is 1. The van der Waals surface area contributed by atoms with Crippen LogP contribution in [-0.4, -0.2) is 39.4 Å². The van der Waals surface area contributed by atoms with Crippen LogP contribution in [0.1, 0.15) is 15.9 Å². The molecule has 114 valence electrons. The van der Waals surface area contributed by atoms with E-state index in [0.29, 0.717) is 11.3 Å². The summed E-state index contributed by atoms with van der Waals surface area (Å²) in [4.78, 5) is 35.6. The van der Waals surface area contributed by atoms with Gasteiger partial charge in [-0.1, -0.05) is 12.6 Å². The van der Waals surface area contributed by atoms with Gasteiger partial charge >= 0.3 is 12.0 Å². The highest BCUT2D eigenvalue weighted by atomic mass is 16.4. The van der Waals surface area contributed by atoms with E-state index in [1.54, 1.807) is 6.08 Å². The van der Waals surface area contributed by atoms with Gasteiger partial charge in [-0.25, -0.2) is 9.59 Å². The zero-order valence-electron chi connectivity index (χ0n) is 11.6. The van der Waals surface area contributed by atoms with Crippen molar-refractivity contribution in [2.24, 2.45) is 0 Å². The molecule has 0 fully saturated rings. The maximum absolute atomic E-state index is 12.0. The second-order valence-electron chi connectivity index (χ2n) is 4.77. The minimum absolute atomic E-state index is 0.0218. The monoisotopic (exact) mass is 302 g/mol. The lowest BCUT2D eigenvalue weighted by Gasteiger charge is -2.22. The van der Waals surface area contributed by atoms with Crippen LogP contribution in [0.15, 0.2) is 42.8 Å². The summed E-state index contributed by atoms with van der Waals surface area (Å²) in [6, 6.07) is 3.48. The Balaban J connectivity index is 2.02. The molecule has 0 aliphatic carbocycles. The van der Waals surface area contributed by atoms with E-state index in [2.05, 4.69) is 11.9 Å². The zero-order valence-corrected chi connectivity index (χ0v) is 11.6. The highest BCUT2D eigenvalue weighted by Gasteiger charge is 2.19. The van der Waals surface area contributed by atoms with Gasteiger partial charge in [-0.3, -0.25) is 9.69 Å². The number of carboxylic acid groups (broad SMARTS) is 1. The SMILES string of the molecule is C=C1C=CN(CC(=O)Cc2ccc(C(=O)O)c(O)c2)C(=O)N1. The molecule has 3 N–H and O–H groups in total. The summed E-state index contributed by atoms with van der Waals surface area (Å²) in [5.41, 5.74) is 0.689. The van der Waals surface area contributed by atoms with Crippen molar-refractivity contribution >= 4 is 17.8 Å². The average molecular weight is 302 g/mol. The maximum Gasteiger partial charge on any atom is 0.339 e. The molecule has 1 aliphatic heterocycles. The number of nitrogens with zero attached hydrogens (tertiary/aromatic N) is 1. The van der Waals surface area contributed by atoms with Crippen LogP contribution in [0, 0.1) is 0 Å². The fourth-order valence-electron chi connectivity index (χ4n) is 1.96. The highest BCUT2D eigenvalue weighted by Crippen LogP contribution is 2.19. The Labute approximate surface area is 126 Å². The molecule has 1 aliphatic rings. The Kier molecular flexibility index (Phi) is 4.26. The number of Topliss-reactive ketones (excluding diaryl/α,β-unsaturated/α-hetero) is 1. The van der Waals surface area contributed by atoms with Crippen LogP contribution >= 0.6 is 0 Å². The summed E-state index contributed by atoms with van der Waals surface area (Å²) in [7, 11) is 0. The molecule has 2 rings (SSSR count). The first-order valence-electron chi connectivity index (χ1n) is 6.38. The number of benzene rings is 1. The zero-order chi connectivity index (χ0) is 16.3. The standard InChI is InChI=1S/C15H14N2O5/c1-9-4-5-17(15(22)16-9)8-11(18)6-10-2-3-12(14(20)21)13(19)7-10/h2-5,7,19H,1,6,8H2,(H,16,22)(H,20,21). The van der Waals surface area contributed by atoms with E-state index in [-0.39, 0.29) is 24.3 Å². The molecule has 22 heavy (non-hydrogen) atoms. The molecule has 0 atom stereocenters. The molecule has 0 spiro atoms. The molecule has 1 aromatic rings. The number of rotatable bonds is 5. The first-order chi connectivity index (χ1) is 10.4. The topological polar surface area (TPSA) is 107 Å². The number of amides is 2. The number of nitrogens with one attached hydrogen (secondary N) is 1. The van der Waals surface area contributed by atoms with Crippen molar-refractivity contribution in [3.05, 3.63) is 53.9 Å². The lowest BCUT2D eigenvalue weighted by molar-refractivity contribution is -0.118. The summed E-state index contributed by atoms with van der Waals surface area (Å²) in [6.45, 7) is 3.44. The second kappa shape index (κ2) is 6.13. The predicted molar refractivity (Wildman–Crippen MR) is 77.3 cm³/mol. The molecule has 0 saturated heterocycles. The molecule has 7 heteroatoms. The number of aromatic hydroxyl groups is 1. The van der Waals surface area contributed by atoms with Gasteiger partial charge in [0.2, 0.25) is 0 Å². The van der Waals surface area contributed by atoms with E-state index in [1.165, 1.54) is 29.3 Å². The van der Waals surface area contributed by atoms with Crippen molar-refractivity contribution < 1.29 is 24.6 Å². The van der Waals surface area contributed by atoms with Gasteiger partial charge in [0.25, 0.3) is 0 Å². The molecule has 1 heterocycles. The average Bonchev–Trinajstić information content (AvgIpc) is 2.41. The molecule has 0 unspecified atom stereocenters.